The van der Waals surface area contributed by atoms with E-state index in [4.69, 9.17) is 21.4 Å². The molecule has 2 atom stereocenters. The summed E-state index contributed by atoms with van der Waals surface area (Å²) < 4.78 is 11.5. The van der Waals surface area contributed by atoms with Gasteiger partial charge in [-0.15, -0.1) is 0 Å². The van der Waals surface area contributed by atoms with Gasteiger partial charge in [0, 0.05) is 6.20 Å². The van der Waals surface area contributed by atoms with Crippen molar-refractivity contribution in [1.82, 2.24) is 10.3 Å². The van der Waals surface area contributed by atoms with Gasteiger partial charge in [-0.25, -0.2) is 0 Å². The molecule has 1 aliphatic heterocycles. The molecule has 1 aliphatic rings. The van der Waals surface area contributed by atoms with E-state index in [2.05, 4.69) is 10.3 Å². The number of furan rings is 1. The number of hydrogen-bond donors (Lipinski definition) is 1. The van der Waals surface area contributed by atoms with E-state index in [-0.39, 0.29) is 12.1 Å². The fraction of sp³-hybridized carbons (Fsp3) is 0.200. The summed E-state index contributed by atoms with van der Waals surface area (Å²) >= 11 is 5.68. The standard InChI is InChI=1S/C20H19N3O2S/c1-13-10-11-17(25-13)19-18(14-7-5-6-12-21-14)22-20(26)23(19)15-8-3-4-9-16(15)24-2/h3-12,18-19H,1-2H3,(H,22,26)/t18-,19-/m1/s1. The van der Waals surface area contributed by atoms with Crippen molar-refractivity contribution in [1.29, 1.82) is 0 Å². The number of nitrogens with zero attached hydrogens (tertiary/aromatic N) is 2. The number of ether oxygens (including phenoxy) is 1. The molecule has 0 aliphatic carbocycles. The zero-order valence-electron chi connectivity index (χ0n) is 14.5. The minimum Gasteiger partial charge on any atom is -0.495 e. The molecule has 1 saturated heterocycles. The highest BCUT2D eigenvalue weighted by molar-refractivity contribution is 7.80. The third kappa shape index (κ3) is 2.82. The smallest absolute Gasteiger partial charge is 0.174 e. The second-order valence-corrected chi connectivity index (χ2v) is 6.50. The molecule has 0 bridgehead atoms. The number of nitrogens with one attached hydrogen (secondary N) is 1. The minimum absolute atomic E-state index is 0.126. The van der Waals surface area contributed by atoms with Gasteiger partial charge in [0.15, 0.2) is 5.11 Å². The lowest BCUT2D eigenvalue weighted by Gasteiger charge is -2.27. The Morgan fingerprint density at radius 1 is 1.12 bits per heavy atom. The number of methoxy groups -OCH3 is 1. The van der Waals surface area contributed by atoms with Gasteiger partial charge in [0.05, 0.1) is 24.5 Å². The Hall–Kier alpha value is -2.86. The van der Waals surface area contributed by atoms with Gasteiger partial charge >= 0.3 is 0 Å². The number of rotatable bonds is 4. The van der Waals surface area contributed by atoms with E-state index in [1.165, 1.54) is 0 Å². The number of pyridine rings is 1. The molecule has 0 unspecified atom stereocenters. The molecule has 3 heterocycles. The van der Waals surface area contributed by atoms with Crippen molar-refractivity contribution >= 4 is 23.0 Å². The number of anilines is 1. The van der Waals surface area contributed by atoms with E-state index in [1.54, 1.807) is 13.3 Å². The van der Waals surface area contributed by atoms with Crippen molar-refractivity contribution in [2.75, 3.05) is 12.0 Å². The van der Waals surface area contributed by atoms with E-state index in [0.717, 1.165) is 28.7 Å². The summed E-state index contributed by atoms with van der Waals surface area (Å²) in [6.07, 6.45) is 1.79. The molecule has 0 spiro atoms. The van der Waals surface area contributed by atoms with Crippen LogP contribution in [0.25, 0.3) is 0 Å². The van der Waals surface area contributed by atoms with Crippen molar-refractivity contribution in [2.45, 2.75) is 19.0 Å². The minimum atomic E-state index is -0.164. The molecule has 26 heavy (non-hydrogen) atoms. The number of benzene rings is 1. The van der Waals surface area contributed by atoms with Crippen LogP contribution in [0.15, 0.2) is 65.2 Å². The first-order valence-electron chi connectivity index (χ1n) is 8.39. The van der Waals surface area contributed by atoms with Gasteiger partial charge in [0.25, 0.3) is 0 Å². The van der Waals surface area contributed by atoms with E-state index >= 15 is 0 Å². The van der Waals surface area contributed by atoms with Crippen LogP contribution in [0.1, 0.15) is 29.3 Å². The van der Waals surface area contributed by atoms with Crippen LogP contribution in [0.5, 0.6) is 5.75 Å². The Balaban J connectivity index is 1.85. The number of aryl methyl sites for hydroxylation is 1. The average molecular weight is 365 g/mol. The molecule has 132 valence electrons. The normalized spacial score (nSPS) is 19.5. The molecule has 1 fully saturated rings. The van der Waals surface area contributed by atoms with E-state index < -0.39 is 0 Å². The molecular formula is C20H19N3O2S. The predicted molar refractivity (Wildman–Crippen MR) is 104 cm³/mol. The van der Waals surface area contributed by atoms with Gasteiger partial charge in [0.2, 0.25) is 0 Å². The zero-order valence-corrected chi connectivity index (χ0v) is 15.4. The maximum Gasteiger partial charge on any atom is 0.174 e. The first-order valence-corrected chi connectivity index (χ1v) is 8.80. The third-order valence-electron chi connectivity index (χ3n) is 4.50. The summed E-state index contributed by atoms with van der Waals surface area (Å²) in [6, 6.07) is 17.4. The summed E-state index contributed by atoms with van der Waals surface area (Å²) in [4.78, 5) is 6.57. The lowest BCUT2D eigenvalue weighted by Crippen LogP contribution is -2.29. The predicted octanol–water partition coefficient (Wildman–Crippen LogP) is 4.17. The molecule has 0 radical (unpaired) electrons. The van der Waals surface area contributed by atoms with Gasteiger partial charge in [-0.3, -0.25) is 4.98 Å². The molecule has 6 heteroatoms. The summed E-state index contributed by atoms with van der Waals surface area (Å²) in [5.41, 5.74) is 1.80. The molecule has 0 saturated carbocycles. The number of para-hydroxylation sites is 2. The van der Waals surface area contributed by atoms with Crippen molar-refractivity contribution in [3.63, 3.8) is 0 Å². The zero-order chi connectivity index (χ0) is 18.1. The second-order valence-electron chi connectivity index (χ2n) is 6.12. The Morgan fingerprint density at radius 3 is 2.62 bits per heavy atom. The number of thiocarbonyl (C=S) groups is 1. The highest BCUT2D eigenvalue weighted by Crippen LogP contribution is 2.44. The van der Waals surface area contributed by atoms with Crippen LogP contribution in [-0.4, -0.2) is 17.2 Å². The van der Waals surface area contributed by atoms with Crippen LogP contribution in [-0.2, 0) is 0 Å². The third-order valence-corrected chi connectivity index (χ3v) is 4.81. The first kappa shape index (κ1) is 16.6. The summed E-state index contributed by atoms with van der Waals surface area (Å²) in [6.45, 7) is 1.94. The van der Waals surface area contributed by atoms with E-state index in [1.807, 2.05) is 66.4 Å². The SMILES string of the molecule is COc1ccccc1N1C(=S)N[C@H](c2ccccn2)[C@H]1c1ccc(C)o1. The largest absolute Gasteiger partial charge is 0.495 e. The molecule has 4 rings (SSSR count). The maximum absolute atomic E-state index is 5.98. The van der Waals surface area contributed by atoms with Crippen LogP contribution in [0.4, 0.5) is 5.69 Å². The van der Waals surface area contributed by atoms with Crippen LogP contribution >= 0.6 is 12.2 Å². The highest BCUT2D eigenvalue weighted by atomic mass is 32.1. The summed E-state index contributed by atoms with van der Waals surface area (Å²) in [7, 11) is 1.66. The van der Waals surface area contributed by atoms with Gasteiger partial charge in [0.1, 0.15) is 23.3 Å². The Morgan fingerprint density at radius 2 is 1.92 bits per heavy atom. The second kappa shape index (κ2) is 6.80. The van der Waals surface area contributed by atoms with Crippen molar-refractivity contribution < 1.29 is 9.15 Å². The summed E-state index contributed by atoms with van der Waals surface area (Å²) in [5.74, 6) is 2.44. The van der Waals surface area contributed by atoms with E-state index in [0.29, 0.717) is 5.11 Å². The van der Waals surface area contributed by atoms with Gasteiger partial charge in [-0.1, -0.05) is 18.2 Å². The average Bonchev–Trinajstić information content (AvgIpc) is 3.25. The highest BCUT2D eigenvalue weighted by Gasteiger charge is 2.43. The number of hydrogen-bond acceptors (Lipinski definition) is 4. The van der Waals surface area contributed by atoms with Crippen molar-refractivity contribution in [2.24, 2.45) is 0 Å². The summed E-state index contributed by atoms with van der Waals surface area (Å²) in [5, 5.41) is 4.02. The molecule has 1 N–H and O–H groups in total. The Labute approximate surface area is 157 Å². The lowest BCUT2D eigenvalue weighted by atomic mass is 10.0. The first-order chi connectivity index (χ1) is 12.7. The molecule has 2 aromatic heterocycles. The van der Waals surface area contributed by atoms with Crippen LogP contribution in [0.3, 0.4) is 0 Å². The van der Waals surface area contributed by atoms with E-state index in [9.17, 15) is 0 Å². The monoisotopic (exact) mass is 365 g/mol. The number of aromatic nitrogens is 1. The van der Waals surface area contributed by atoms with Gasteiger partial charge in [-0.05, 0) is 55.5 Å². The van der Waals surface area contributed by atoms with Crippen molar-refractivity contribution in [3.8, 4) is 5.75 Å². The van der Waals surface area contributed by atoms with Crippen LogP contribution < -0.4 is 15.0 Å². The van der Waals surface area contributed by atoms with Gasteiger partial charge in [-0.2, -0.15) is 0 Å². The quantitative estimate of drug-likeness (QED) is 0.701. The molecule has 3 aromatic rings. The Kier molecular flexibility index (Phi) is 4.34. The fourth-order valence-corrected chi connectivity index (χ4v) is 3.68. The van der Waals surface area contributed by atoms with Crippen molar-refractivity contribution in [3.05, 3.63) is 78.0 Å². The molecular weight excluding hydrogens is 346 g/mol. The molecule has 1 aromatic carbocycles. The van der Waals surface area contributed by atoms with Crippen LogP contribution in [0.2, 0.25) is 0 Å². The fourth-order valence-electron chi connectivity index (χ4n) is 3.34. The molecule has 5 nitrogen and oxygen atoms in total. The van der Waals surface area contributed by atoms with Crippen LogP contribution in [0, 0.1) is 6.92 Å². The Bertz CT molecular complexity index is 926. The van der Waals surface area contributed by atoms with Gasteiger partial charge < -0.3 is 19.4 Å². The maximum atomic E-state index is 5.98. The lowest BCUT2D eigenvalue weighted by molar-refractivity contribution is 0.404. The topological polar surface area (TPSA) is 50.5 Å². The molecule has 0 amide bonds.